The lowest BCUT2D eigenvalue weighted by atomic mass is 9.99. The molecular formula is C29H38N2O6. The Bertz CT molecular complexity index is 1060. The van der Waals surface area contributed by atoms with Crippen molar-refractivity contribution >= 4 is 17.6 Å². The molecule has 2 fully saturated rings. The van der Waals surface area contributed by atoms with E-state index < -0.39 is 11.9 Å². The molecule has 2 N–H and O–H groups in total. The summed E-state index contributed by atoms with van der Waals surface area (Å²) in [5.74, 6) is -0.312. The molecule has 200 valence electrons. The smallest absolute Gasteiger partial charge is 0.323 e. The summed E-state index contributed by atoms with van der Waals surface area (Å²) in [4.78, 5) is 26.4. The van der Waals surface area contributed by atoms with Crippen molar-refractivity contribution < 1.29 is 28.9 Å². The van der Waals surface area contributed by atoms with Gasteiger partial charge in [-0.25, -0.2) is 0 Å². The Labute approximate surface area is 218 Å². The van der Waals surface area contributed by atoms with E-state index >= 15 is 0 Å². The molecule has 2 heterocycles. The van der Waals surface area contributed by atoms with Gasteiger partial charge in [0.15, 0.2) is 6.29 Å². The van der Waals surface area contributed by atoms with E-state index in [1.165, 1.54) is 6.92 Å². The lowest BCUT2D eigenvalue weighted by Gasteiger charge is -2.38. The SMILES string of the molecule is CC(=O)Nc1ccc([C@@H]2O[C@H](CN3CCC[C@H]3C(=O)OC(C)(C)C)C[C@H](c3ccc(CO)cc3)O2)cc1. The molecule has 0 spiro atoms. The predicted molar refractivity (Wildman–Crippen MR) is 140 cm³/mol. The number of likely N-dealkylation sites (tertiary alicyclic amines) is 1. The molecule has 0 saturated carbocycles. The van der Waals surface area contributed by atoms with Gasteiger partial charge in [0, 0.05) is 31.1 Å². The fourth-order valence-corrected chi connectivity index (χ4v) is 4.90. The van der Waals surface area contributed by atoms with Gasteiger partial charge in [0.25, 0.3) is 0 Å². The first-order chi connectivity index (χ1) is 17.6. The number of carbonyl (C=O) groups is 2. The van der Waals surface area contributed by atoms with E-state index in [0.717, 1.165) is 36.1 Å². The third-order valence-corrected chi connectivity index (χ3v) is 6.60. The van der Waals surface area contributed by atoms with Crippen molar-refractivity contribution in [2.24, 2.45) is 0 Å². The number of aliphatic hydroxyl groups excluding tert-OH is 1. The van der Waals surface area contributed by atoms with Crippen molar-refractivity contribution in [2.75, 3.05) is 18.4 Å². The normalized spacial score (nSPS) is 24.6. The van der Waals surface area contributed by atoms with Crippen LogP contribution in [0.25, 0.3) is 0 Å². The molecule has 2 aliphatic rings. The summed E-state index contributed by atoms with van der Waals surface area (Å²) in [7, 11) is 0. The van der Waals surface area contributed by atoms with Crippen LogP contribution < -0.4 is 5.32 Å². The van der Waals surface area contributed by atoms with Crippen LogP contribution in [0.3, 0.4) is 0 Å². The number of amides is 1. The highest BCUT2D eigenvalue weighted by molar-refractivity contribution is 5.88. The van der Waals surface area contributed by atoms with E-state index in [0.29, 0.717) is 18.7 Å². The summed E-state index contributed by atoms with van der Waals surface area (Å²) in [5, 5.41) is 12.2. The topological polar surface area (TPSA) is 97.3 Å². The van der Waals surface area contributed by atoms with Gasteiger partial charge in [0.05, 0.1) is 18.8 Å². The summed E-state index contributed by atoms with van der Waals surface area (Å²) in [6, 6.07) is 14.9. The lowest BCUT2D eigenvalue weighted by molar-refractivity contribution is -0.253. The molecule has 2 aromatic carbocycles. The van der Waals surface area contributed by atoms with Crippen LogP contribution in [0.5, 0.6) is 0 Å². The molecule has 4 rings (SSSR count). The van der Waals surface area contributed by atoms with Gasteiger partial charge in [-0.15, -0.1) is 0 Å². The number of rotatable bonds is 7. The molecule has 0 radical (unpaired) electrons. The van der Waals surface area contributed by atoms with Crippen LogP contribution in [0.15, 0.2) is 48.5 Å². The largest absolute Gasteiger partial charge is 0.459 e. The van der Waals surface area contributed by atoms with Gasteiger partial charge in [-0.05, 0) is 63.4 Å². The highest BCUT2D eigenvalue weighted by Gasteiger charge is 2.38. The number of hydrogen-bond donors (Lipinski definition) is 2. The van der Waals surface area contributed by atoms with Gasteiger partial charge in [-0.1, -0.05) is 36.4 Å². The number of aliphatic hydroxyl groups is 1. The number of hydrogen-bond acceptors (Lipinski definition) is 7. The van der Waals surface area contributed by atoms with Crippen LogP contribution in [0.4, 0.5) is 5.69 Å². The second-order valence-electron chi connectivity index (χ2n) is 10.8. The van der Waals surface area contributed by atoms with Crippen LogP contribution in [-0.4, -0.2) is 52.7 Å². The van der Waals surface area contributed by atoms with E-state index in [4.69, 9.17) is 14.2 Å². The first-order valence-corrected chi connectivity index (χ1v) is 13.0. The van der Waals surface area contributed by atoms with E-state index in [9.17, 15) is 14.7 Å². The second-order valence-corrected chi connectivity index (χ2v) is 10.8. The highest BCUT2D eigenvalue weighted by Crippen LogP contribution is 2.39. The number of esters is 1. The Balaban J connectivity index is 1.53. The van der Waals surface area contributed by atoms with Crippen molar-refractivity contribution in [2.45, 2.75) is 83.7 Å². The van der Waals surface area contributed by atoms with Crippen molar-refractivity contribution in [3.63, 3.8) is 0 Å². The van der Waals surface area contributed by atoms with Crippen LogP contribution >= 0.6 is 0 Å². The van der Waals surface area contributed by atoms with Crippen molar-refractivity contribution in [3.8, 4) is 0 Å². The monoisotopic (exact) mass is 510 g/mol. The Hall–Kier alpha value is -2.78. The molecule has 1 amide bonds. The molecule has 4 atom stereocenters. The number of nitrogens with zero attached hydrogens (tertiary/aromatic N) is 1. The Morgan fingerprint density at radius 3 is 2.35 bits per heavy atom. The Morgan fingerprint density at radius 1 is 1.05 bits per heavy atom. The van der Waals surface area contributed by atoms with Crippen LogP contribution in [0.1, 0.15) is 76.0 Å². The number of ether oxygens (including phenoxy) is 3. The van der Waals surface area contributed by atoms with E-state index in [1.54, 1.807) is 0 Å². The van der Waals surface area contributed by atoms with E-state index in [-0.39, 0.29) is 36.7 Å². The van der Waals surface area contributed by atoms with Gasteiger partial charge in [-0.3, -0.25) is 14.5 Å². The molecule has 2 saturated heterocycles. The molecule has 2 aliphatic heterocycles. The summed E-state index contributed by atoms with van der Waals surface area (Å²) >= 11 is 0. The second kappa shape index (κ2) is 11.7. The first kappa shape index (κ1) is 27.3. The fraction of sp³-hybridized carbons (Fsp3) is 0.517. The predicted octanol–water partition coefficient (Wildman–Crippen LogP) is 4.49. The maximum Gasteiger partial charge on any atom is 0.323 e. The van der Waals surface area contributed by atoms with Crippen molar-refractivity contribution in [1.29, 1.82) is 0 Å². The van der Waals surface area contributed by atoms with E-state index in [1.807, 2.05) is 69.3 Å². The zero-order valence-electron chi connectivity index (χ0n) is 22.1. The molecule has 0 bridgehead atoms. The number of benzene rings is 2. The molecule has 0 unspecified atom stereocenters. The third kappa shape index (κ3) is 7.38. The van der Waals surface area contributed by atoms with Gasteiger partial charge < -0.3 is 24.6 Å². The average molecular weight is 511 g/mol. The van der Waals surface area contributed by atoms with Crippen LogP contribution in [0.2, 0.25) is 0 Å². The molecule has 8 heteroatoms. The third-order valence-electron chi connectivity index (χ3n) is 6.60. The molecule has 2 aromatic rings. The van der Waals surface area contributed by atoms with Crippen LogP contribution in [-0.2, 0) is 30.4 Å². The minimum Gasteiger partial charge on any atom is -0.459 e. The summed E-state index contributed by atoms with van der Waals surface area (Å²) < 4.78 is 18.5. The Kier molecular flexibility index (Phi) is 8.64. The maximum absolute atomic E-state index is 12.9. The van der Waals surface area contributed by atoms with Crippen molar-refractivity contribution in [3.05, 3.63) is 65.2 Å². The molecular weight excluding hydrogens is 472 g/mol. The molecule has 0 aromatic heterocycles. The standard InChI is InChI=1S/C29H38N2O6/c1-19(33)30-23-13-11-22(12-14-23)28-35-24(16-26(36-28)21-9-7-20(18-32)8-10-21)17-31-15-5-6-25(31)27(34)37-29(2,3)4/h7-14,24-26,28,32H,5-6,15-18H2,1-4H3,(H,30,33)/t24-,25-,26+,28+/m0/s1. The van der Waals surface area contributed by atoms with Gasteiger partial charge >= 0.3 is 5.97 Å². The minimum absolute atomic E-state index is 0.0121. The summed E-state index contributed by atoms with van der Waals surface area (Å²) in [6.45, 7) is 8.54. The fourth-order valence-electron chi connectivity index (χ4n) is 4.90. The van der Waals surface area contributed by atoms with Crippen LogP contribution in [0, 0.1) is 0 Å². The number of nitrogens with one attached hydrogen (secondary N) is 1. The first-order valence-electron chi connectivity index (χ1n) is 13.0. The van der Waals surface area contributed by atoms with E-state index in [2.05, 4.69) is 10.2 Å². The zero-order chi connectivity index (χ0) is 26.6. The minimum atomic E-state index is -0.602. The molecule has 8 nitrogen and oxygen atoms in total. The lowest BCUT2D eigenvalue weighted by Crippen LogP contribution is -2.45. The molecule has 37 heavy (non-hydrogen) atoms. The number of anilines is 1. The van der Waals surface area contributed by atoms with Gasteiger partial charge in [0.1, 0.15) is 11.6 Å². The molecule has 0 aliphatic carbocycles. The quantitative estimate of drug-likeness (QED) is 0.530. The maximum atomic E-state index is 12.9. The van der Waals surface area contributed by atoms with Crippen molar-refractivity contribution in [1.82, 2.24) is 4.90 Å². The summed E-state index contributed by atoms with van der Waals surface area (Å²) in [6.07, 6.45) is 1.37. The number of carbonyl (C=O) groups excluding carboxylic acids is 2. The van der Waals surface area contributed by atoms with Gasteiger partial charge in [-0.2, -0.15) is 0 Å². The summed E-state index contributed by atoms with van der Waals surface area (Å²) in [5.41, 5.74) is 2.88. The zero-order valence-corrected chi connectivity index (χ0v) is 22.1. The van der Waals surface area contributed by atoms with Gasteiger partial charge in [0.2, 0.25) is 5.91 Å². The highest BCUT2D eigenvalue weighted by atomic mass is 16.7. The Morgan fingerprint density at radius 2 is 1.73 bits per heavy atom. The average Bonchev–Trinajstić information content (AvgIpc) is 3.31.